The first-order chi connectivity index (χ1) is 8.67. The van der Waals surface area contributed by atoms with E-state index >= 15 is 0 Å². The summed E-state index contributed by atoms with van der Waals surface area (Å²) in [5.74, 6) is 0.215. The van der Waals surface area contributed by atoms with Crippen LogP contribution in [0.25, 0.3) is 0 Å². The Kier molecular flexibility index (Phi) is 6.47. The number of amides is 1. The van der Waals surface area contributed by atoms with Gasteiger partial charge in [0.15, 0.2) is 0 Å². The predicted octanol–water partition coefficient (Wildman–Crippen LogP) is 2.62. The Morgan fingerprint density at radius 3 is 2.39 bits per heavy atom. The summed E-state index contributed by atoms with van der Waals surface area (Å²) in [5, 5.41) is 0. The van der Waals surface area contributed by atoms with E-state index in [-0.39, 0.29) is 5.91 Å². The largest absolute Gasteiger partial charge is 0.341 e. The molecular formula is C14H25N3O. The van der Waals surface area contributed by atoms with Gasteiger partial charge in [-0.1, -0.05) is 20.3 Å². The summed E-state index contributed by atoms with van der Waals surface area (Å²) in [6.45, 7) is 8.46. The van der Waals surface area contributed by atoms with Crippen LogP contribution >= 0.6 is 0 Å². The fourth-order valence-corrected chi connectivity index (χ4v) is 1.96. The van der Waals surface area contributed by atoms with Gasteiger partial charge in [0, 0.05) is 19.3 Å². The summed E-state index contributed by atoms with van der Waals surface area (Å²) in [5.41, 5.74) is 0.960. The van der Waals surface area contributed by atoms with E-state index < -0.39 is 0 Å². The van der Waals surface area contributed by atoms with E-state index in [4.69, 9.17) is 0 Å². The number of piperidine rings is 1. The minimum Gasteiger partial charge on any atom is -0.341 e. The van der Waals surface area contributed by atoms with Crippen LogP contribution in [0.5, 0.6) is 0 Å². The molecule has 18 heavy (non-hydrogen) atoms. The van der Waals surface area contributed by atoms with E-state index in [2.05, 4.69) is 18.8 Å². The average molecular weight is 251 g/mol. The van der Waals surface area contributed by atoms with Crippen LogP contribution in [0.15, 0.2) is 12.5 Å². The summed E-state index contributed by atoms with van der Waals surface area (Å²) >= 11 is 0. The number of aryl methyl sites for hydroxylation is 1. The van der Waals surface area contributed by atoms with E-state index in [1.807, 2.05) is 22.6 Å². The van der Waals surface area contributed by atoms with Gasteiger partial charge in [-0.05, 0) is 26.2 Å². The molecule has 1 fully saturated rings. The highest BCUT2D eigenvalue weighted by molar-refractivity contribution is 5.76. The van der Waals surface area contributed by atoms with Crippen molar-refractivity contribution in [2.75, 3.05) is 13.1 Å². The zero-order valence-corrected chi connectivity index (χ0v) is 11.9. The molecule has 1 saturated heterocycles. The van der Waals surface area contributed by atoms with Crippen LogP contribution in [0, 0.1) is 6.92 Å². The van der Waals surface area contributed by atoms with Crippen molar-refractivity contribution in [3.05, 3.63) is 18.2 Å². The van der Waals surface area contributed by atoms with Crippen molar-refractivity contribution in [3.8, 4) is 0 Å². The number of rotatable bonds is 2. The van der Waals surface area contributed by atoms with Gasteiger partial charge in [0.1, 0.15) is 6.54 Å². The minimum atomic E-state index is 0.215. The monoisotopic (exact) mass is 251 g/mol. The van der Waals surface area contributed by atoms with Gasteiger partial charge in [0.25, 0.3) is 0 Å². The average Bonchev–Trinajstić information content (AvgIpc) is 2.77. The fourth-order valence-electron chi connectivity index (χ4n) is 1.96. The number of carbonyl (C=O) groups is 1. The summed E-state index contributed by atoms with van der Waals surface area (Å²) < 4.78 is 1.85. The first-order valence-corrected chi connectivity index (χ1v) is 6.93. The number of carbonyl (C=O) groups excluding carboxylic acids is 1. The Morgan fingerprint density at radius 2 is 1.89 bits per heavy atom. The third-order valence-corrected chi connectivity index (χ3v) is 2.79. The van der Waals surface area contributed by atoms with Gasteiger partial charge >= 0.3 is 0 Å². The van der Waals surface area contributed by atoms with Crippen LogP contribution in [0.4, 0.5) is 0 Å². The molecule has 1 amide bonds. The Hall–Kier alpha value is -1.32. The summed E-state index contributed by atoms with van der Waals surface area (Å²) in [7, 11) is 0. The molecule has 0 N–H and O–H groups in total. The number of hydrogen-bond acceptors (Lipinski definition) is 2. The summed E-state index contributed by atoms with van der Waals surface area (Å²) in [4.78, 5) is 17.9. The molecule has 102 valence electrons. The van der Waals surface area contributed by atoms with Crippen molar-refractivity contribution in [1.29, 1.82) is 0 Å². The first-order valence-electron chi connectivity index (χ1n) is 6.93. The molecule has 0 spiro atoms. The SMILES string of the molecule is CCC.Cc1cn(CC(=O)N2CCCCC2)cn1. The summed E-state index contributed by atoms with van der Waals surface area (Å²) in [6, 6.07) is 0. The van der Waals surface area contributed by atoms with Gasteiger partial charge < -0.3 is 9.47 Å². The quantitative estimate of drug-likeness (QED) is 0.810. The van der Waals surface area contributed by atoms with Gasteiger partial charge in [-0.15, -0.1) is 0 Å². The van der Waals surface area contributed by atoms with Crippen LogP contribution in [0.3, 0.4) is 0 Å². The normalized spacial score (nSPS) is 14.9. The second-order valence-corrected chi connectivity index (χ2v) is 4.84. The predicted molar refractivity (Wildman–Crippen MR) is 73.4 cm³/mol. The maximum Gasteiger partial charge on any atom is 0.242 e. The molecule has 0 aliphatic carbocycles. The molecule has 1 aliphatic rings. The van der Waals surface area contributed by atoms with Gasteiger partial charge in [-0.25, -0.2) is 4.98 Å². The Morgan fingerprint density at radius 1 is 1.28 bits per heavy atom. The fraction of sp³-hybridized carbons (Fsp3) is 0.714. The minimum absolute atomic E-state index is 0.215. The van der Waals surface area contributed by atoms with Crippen molar-refractivity contribution < 1.29 is 4.79 Å². The van der Waals surface area contributed by atoms with Crippen molar-refractivity contribution in [2.24, 2.45) is 0 Å². The Bertz CT molecular complexity index is 354. The van der Waals surface area contributed by atoms with E-state index in [0.717, 1.165) is 31.6 Å². The zero-order chi connectivity index (χ0) is 13.4. The second kappa shape index (κ2) is 7.90. The highest BCUT2D eigenvalue weighted by Crippen LogP contribution is 2.09. The number of aromatic nitrogens is 2. The first kappa shape index (κ1) is 14.7. The molecule has 2 rings (SSSR count). The third kappa shape index (κ3) is 4.90. The Balaban J connectivity index is 0.000000492. The molecule has 0 bridgehead atoms. The van der Waals surface area contributed by atoms with E-state index in [1.54, 1.807) is 6.33 Å². The highest BCUT2D eigenvalue weighted by atomic mass is 16.2. The van der Waals surface area contributed by atoms with E-state index in [0.29, 0.717) is 6.54 Å². The lowest BCUT2D eigenvalue weighted by Gasteiger charge is -2.26. The van der Waals surface area contributed by atoms with Crippen LogP contribution < -0.4 is 0 Å². The van der Waals surface area contributed by atoms with Gasteiger partial charge in [0.2, 0.25) is 5.91 Å². The smallest absolute Gasteiger partial charge is 0.242 e. The molecular weight excluding hydrogens is 226 g/mol. The molecule has 4 heteroatoms. The third-order valence-electron chi connectivity index (χ3n) is 2.79. The van der Waals surface area contributed by atoms with Crippen molar-refractivity contribution in [2.45, 2.75) is 53.0 Å². The molecule has 4 nitrogen and oxygen atoms in total. The van der Waals surface area contributed by atoms with E-state index in [9.17, 15) is 4.79 Å². The van der Waals surface area contributed by atoms with E-state index in [1.165, 1.54) is 12.8 Å². The molecule has 0 aromatic carbocycles. The van der Waals surface area contributed by atoms with Crippen LogP contribution in [0.1, 0.15) is 45.2 Å². The van der Waals surface area contributed by atoms with Crippen LogP contribution in [-0.2, 0) is 11.3 Å². The molecule has 1 aromatic rings. The van der Waals surface area contributed by atoms with Gasteiger partial charge in [-0.3, -0.25) is 4.79 Å². The van der Waals surface area contributed by atoms with Crippen LogP contribution in [0.2, 0.25) is 0 Å². The second-order valence-electron chi connectivity index (χ2n) is 4.84. The van der Waals surface area contributed by atoms with Gasteiger partial charge in [-0.2, -0.15) is 0 Å². The zero-order valence-electron chi connectivity index (χ0n) is 11.9. The number of likely N-dealkylation sites (tertiary alicyclic amines) is 1. The van der Waals surface area contributed by atoms with Gasteiger partial charge in [0.05, 0.1) is 12.0 Å². The number of hydrogen-bond donors (Lipinski definition) is 0. The maximum absolute atomic E-state index is 11.9. The number of imidazole rings is 1. The Labute approximate surface area is 110 Å². The lowest BCUT2D eigenvalue weighted by Crippen LogP contribution is -2.37. The standard InChI is InChI=1S/C11H17N3O.C3H8/c1-10-7-13(9-12-10)8-11(15)14-5-3-2-4-6-14;1-3-2/h7,9H,2-6,8H2,1H3;3H2,1-2H3. The number of nitrogens with zero attached hydrogens (tertiary/aromatic N) is 3. The molecule has 2 heterocycles. The van der Waals surface area contributed by atoms with Crippen molar-refractivity contribution in [1.82, 2.24) is 14.5 Å². The topological polar surface area (TPSA) is 38.1 Å². The van der Waals surface area contributed by atoms with Crippen molar-refractivity contribution in [3.63, 3.8) is 0 Å². The van der Waals surface area contributed by atoms with Crippen LogP contribution in [-0.4, -0.2) is 33.4 Å². The molecule has 0 unspecified atom stereocenters. The molecule has 0 atom stereocenters. The molecule has 1 aliphatic heterocycles. The summed E-state index contributed by atoms with van der Waals surface area (Å²) in [6.07, 6.45) is 8.43. The maximum atomic E-state index is 11.9. The molecule has 0 saturated carbocycles. The molecule has 0 radical (unpaired) electrons. The van der Waals surface area contributed by atoms with Crippen molar-refractivity contribution >= 4 is 5.91 Å². The molecule has 1 aromatic heterocycles. The lowest BCUT2D eigenvalue weighted by molar-refractivity contribution is -0.132. The lowest BCUT2D eigenvalue weighted by atomic mass is 10.1. The highest BCUT2D eigenvalue weighted by Gasteiger charge is 2.16.